The van der Waals surface area contributed by atoms with Gasteiger partial charge in [0.2, 0.25) is 0 Å². The minimum absolute atomic E-state index is 0.114. The van der Waals surface area contributed by atoms with Gasteiger partial charge in [0.15, 0.2) is 6.61 Å². The van der Waals surface area contributed by atoms with E-state index in [9.17, 15) is 23.8 Å². The van der Waals surface area contributed by atoms with Gasteiger partial charge in [-0.05, 0) is 69.9 Å². The van der Waals surface area contributed by atoms with Crippen LogP contribution in [0.1, 0.15) is 58.8 Å². The van der Waals surface area contributed by atoms with Crippen molar-refractivity contribution in [1.82, 2.24) is 0 Å². The molecule has 1 aliphatic rings. The van der Waals surface area contributed by atoms with Gasteiger partial charge in [0.25, 0.3) is 5.92 Å². The molecule has 0 bridgehead atoms. The van der Waals surface area contributed by atoms with E-state index in [0.717, 1.165) is 0 Å². The van der Waals surface area contributed by atoms with Crippen molar-refractivity contribution in [3.8, 4) is 5.75 Å². The Kier molecular flexibility index (Phi) is 10.6. The first-order chi connectivity index (χ1) is 15.2. The number of rotatable bonds is 13. The second kappa shape index (κ2) is 12.9. The van der Waals surface area contributed by atoms with Crippen molar-refractivity contribution >= 4 is 5.97 Å². The number of unbranched alkanes of at least 4 members (excludes halogenated alkanes) is 1. The minimum atomic E-state index is -3.02. The van der Waals surface area contributed by atoms with Crippen LogP contribution in [0.2, 0.25) is 0 Å². The van der Waals surface area contributed by atoms with E-state index >= 15 is 0 Å². The molecule has 0 aromatic heterocycles. The Hall–Kier alpha value is -1.99. The van der Waals surface area contributed by atoms with Crippen LogP contribution in [-0.4, -0.2) is 47.0 Å². The largest absolute Gasteiger partial charge is 0.487 e. The van der Waals surface area contributed by atoms with Crippen LogP contribution in [0.5, 0.6) is 5.75 Å². The van der Waals surface area contributed by atoms with Crippen molar-refractivity contribution in [1.29, 1.82) is 0 Å². The molecule has 1 saturated carbocycles. The molecule has 5 nitrogen and oxygen atoms in total. The molecule has 1 aromatic rings. The summed E-state index contributed by atoms with van der Waals surface area (Å²) >= 11 is 0. The lowest BCUT2D eigenvalue weighted by Crippen LogP contribution is -2.29. The first-order valence-corrected chi connectivity index (χ1v) is 11.4. The lowest BCUT2D eigenvalue weighted by molar-refractivity contribution is -0.147. The lowest BCUT2D eigenvalue weighted by atomic mass is 9.86. The van der Waals surface area contributed by atoms with Gasteiger partial charge in [0.05, 0.1) is 18.3 Å². The molecule has 7 heteroatoms. The Morgan fingerprint density at radius 2 is 1.84 bits per heavy atom. The summed E-state index contributed by atoms with van der Waals surface area (Å²) in [7, 11) is 0. The van der Waals surface area contributed by atoms with E-state index in [2.05, 4.69) is 0 Å². The number of hydrogen-bond acceptors (Lipinski definition) is 5. The molecule has 1 aromatic carbocycles. The number of halogens is 2. The van der Waals surface area contributed by atoms with E-state index < -0.39 is 37.1 Å². The SMILES string of the molecule is CC(C)OC(=O)CCCC=CCC1C(O)CC(O)C1CCC(F)(F)COc1ccccc1. The Balaban J connectivity index is 1.76. The topological polar surface area (TPSA) is 76.0 Å². The van der Waals surface area contributed by atoms with E-state index in [-0.39, 0.29) is 30.8 Å². The van der Waals surface area contributed by atoms with Crippen LogP contribution in [0, 0.1) is 11.8 Å². The van der Waals surface area contributed by atoms with Gasteiger partial charge in [-0.1, -0.05) is 30.4 Å². The molecule has 0 radical (unpaired) electrons. The third kappa shape index (κ3) is 9.25. The van der Waals surface area contributed by atoms with E-state index in [1.807, 2.05) is 26.0 Å². The maximum atomic E-state index is 14.3. The van der Waals surface area contributed by atoms with Gasteiger partial charge in [-0.15, -0.1) is 0 Å². The highest BCUT2D eigenvalue weighted by atomic mass is 19.3. The first kappa shape index (κ1) is 26.3. The normalized spacial score (nSPS) is 23.7. The molecule has 2 N–H and O–H groups in total. The highest BCUT2D eigenvalue weighted by Gasteiger charge is 2.42. The summed E-state index contributed by atoms with van der Waals surface area (Å²) in [5.41, 5.74) is 0. The van der Waals surface area contributed by atoms with E-state index in [0.29, 0.717) is 31.4 Å². The van der Waals surface area contributed by atoms with Crippen LogP contribution in [0.15, 0.2) is 42.5 Å². The standard InChI is InChI=1S/C25H36F2O5/c1-18(2)32-24(30)13-9-4-3-8-12-20-21(23(29)16-22(20)28)14-15-25(26,27)17-31-19-10-6-5-7-11-19/h3,5-8,10-11,18,20-23,28-29H,4,9,12-17H2,1-2H3. The van der Waals surface area contributed by atoms with Crippen LogP contribution in [0.25, 0.3) is 0 Å². The fourth-order valence-electron chi connectivity index (χ4n) is 4.12. The monoisotopic (exact) mass is 454 g/mol. The fraction of sp³-hybridized carbons (Fsp3) is 0.640. The van der Waals surface area contributed by atoms with Crippen LogP contribution in [0.4, 0.5) is 8.78 Å². The lowest BCUT2D eigenvalue weighted by Gasteiger charge is -2.25. The quantitative estimate of drug-likeness (QED) is 0.252. The number of carbonyl (C=O) groups is 1. The molecule has 1 fully saturated rings. The molecule has 0 aliphatic heterocycles. The number of esters is 1. The summed E-state index contributed by atoms with van der Waals surface area (Å²) in [5, 5.41) is 20.6. The predicted octanol–water partition coefficient (Wildman–Crippen LogP) is 4.91. The second-order valence-corrected chi connectivity index (χ2v) is 8.83. The fourth-order valence-corrected chi connectivity index (χ4v) is 4.12. The number of carbonyl (C=O) groups excluding carboxylic acids is 1. The number of alkyl halides is 2. The molecule has 4 unspecified atom stereocenters. The molecule has 1 aliphatic carbocycles. The minimum Gasteiger partial charge on any atom is -0.487 e. The van der Waals surface area contributed by atoms with Crippen molar-refractivity contribution in [2.24, 2.45) is 11.8 Å². The van der Waals surface area contributed by atoms with E-state index in [1.54, 1.807) is 30.3 Å². The molecule has 32 heavy (non-hydrogen) atoms. The maximum absolute atomic E-state index is 14.3. The molecular formula is C25H36F2O5. The van der Waals surface area contributed by atoms with Crippen molar-refractivity contribution in [2.45, 2.75) is 83.0 Å². The zero-order valence-electron chi connectivity index (χ0n) is 19.0. The highest BCUT2D eigenvalue weighted by Crippen LogP contribution is 2.40. The van der Waals surface area contributed by atoms with Crippen LogP contribution in [-0.2, 0) is 9.53 Å². The summed E-state index contributed by atoms with van der Waals surface area (Å²) in [5.74, 6) is -3.51. The van der Waals surface area contributed by atoms with Gasteiger partial charge in [-0.3, -0.25) is 4.79 Å². The summed E-state index contributed by atoms with van der Waals surface area (Å²) in [4.78, 5) is 11.5. The second-order valence-electron chi connectivity index (χ2n) is 8.83. The summed E-state index contributed by atoms with van der Waals surface area (Å²) in [6, 6.07) is 8.48. The molecule has 0 saturated heterocycles. The molecule has 180 valence electrons. The van der Waals surface area contributed by atoms with Crippen LogP contribution in [0.3, 0.4) is 0 Å². The number of hydrogen-bond donors (Lipinski definition) is 2. The molecule has 2 rings (SSSR count). The van der Waals surface area contributed by atoms with Crippen molar-refractivity contribution in [2.75, 3.05) is 6.61 Å². The van der Waals surface area contributed by atoms with Crippen LogP contribution >= 0.6 is 0 Å². The van der Waals surface area contributed by atoms with E-state index in [4.69, 9.17) is 9.47 Å². The summed E-state index contributed by atoms with van der Waals surface area (Å²) in [6.45, 7) is 2.90. The Labute approximate surface area is 189 Å². The maximum Gasteiger partial charge on any atom is 0.306 e. The van der Waals surface area contributed by atoms with Gasteiger partial charge in [-0.2, -0.15) is 0 Å². The van der Waals surface area contributed by atoms with Gasteiger partial charge >= 0.3 is 5.97 Å². The Bertz CT molecular complexity index is 708. The van der Waals surface area contributed by atoms with Gasteiger partial charge < -0.3 is 19.7 Å². The number of ether oxygens (including phenoxy) is 2. The highest BCUT2D eigenvalue weighted by molar-refractivity contribution is 5.69. The number of para-hydroxylation sites is 1. The van der Waals surface area contributed by atoms with Crippen molar-refractivity contribution in [3.63, 3.8) is 0 Å². The van der Waals surface area contributed by atoms with Crippen molar-refractivity contribution in [3.05, 3.63) is 42.5 Å². The first-order valence-electron chi connectivity index (χ1n) is 11.4. The van der Waals surface area contributed by atoms with Crippen LogP contribution < -0.4 is 4.74 Å². The summed E-state index contributed by atoms with van der Waals surface area (Å²) in [6.07, 6.45) is 4.32. The molecule has 0 spiro atoms. The average molecular weight is 455 g/mol. The Morgan fingerprint density at radius 3 is 2.53 bits per heavy atom. The third-order valence-electron chi connectivity index (χ3n) is 5.75. The number of aliphatic hydroxyl groups is 2. The molecule has 4 atom stereocenters. The third-order valence-corrected chi connectivity index (χ3v) is 5.75. The van der Waals surface area contributed by atoms with Gasteiger partial charge in [-0.25, -0.2) is 8.78 Å². The number of benzene rings is 1. The number of aliphatic hydroxyl groups excluding tert-OH is 2. The zero-order valence-corrected chi connectivity index (χ0v) is 19.0. The smallest absolute Gasteiger partial charge is 0.306 e. The number of allylic oxidation sites excluding steroid dienone is 2. The molecular weight excluding hydrogens is 418 g/mol. The van der Waals surface area contributed by atoms with Crippen molar-refractivity contribution < 1.29 is 33.3 Å². The Morgan fingerprint density at radius 1 is 1.16 bits per heavy atom. The molecule has 0 amide bonds. The molecule has 0 heterocycles. The van der Waals surface area contributed by atoms with Gasteiger partial charge in [0, 0.05) is 12.8 Å². The zero-order chi connectivity index (χ0) is 23.6. The summed E-state index contributed by atoms with van der Waals surface area (Å²) < 4.78 is 38.9. The predicted molar refractivity (Wildman–Crippen MR) is 119 cm³/mol. The average Bonchev–Trinajstić information content (AvgIpc) is 3.00. The van der Waals surface area contributed by atoms with E-state index in [1.165, 1.54) is 0 Å². The van der Waals surface area contributed by atoms with Gasteiger partial charge in [0.1, 0.15) is 5.75 Å².